The molecule has 0 bridgehead atoms. The summed E-state index contributed by atoms with van der Waals surface area (Å²) < 4.78 is 10.5. The Bertz CT molecular complexity index is 344. The summed E-state index contributed by atoms with van der Waals surface area (Å²) in [4.78, 5) is 23.3. The molecular weight excluding hydrogens is 304 g/mol. The predicted octanol–water partition coefficient (Wildman–Crippen LogP) is 5.43. The summed E-state index contributed by atoms with van der Waals surface area (Å²) >= 11 is 0. The molecule has 24 heavy (non-hydrogen) atoms. The number of unbranched alkanes of at least 4 members (excludes halogenated alkanes) is 6. The van der Waals surface area contributed by atoms with Crippen LogP contribution in [0.2, 0.25) is 0 Å². The second-order valence-corrected chi connectivity index (χ2v) is 7.91. The Labute approximate surface area is 148 Å². The normalized spacial score (nSPS) is 12.7. The van der Waals surface area contributed by atoms with Gasteiger partial charge >= 0.3 is 11.9 Å². The molecule has 0 rings (SSSR count). The van der Waals surface area contributed by atoms with Crippen molar-refractivity contribution in [2.24, 2.45) is 5.41 Å². The largest absolute Gasteiger partial charge is 0.466 e. The molecule has 0 aromatic carbocycles. The molecule has 0 aliphatic carbocycles. The summed E-state index contributed by atoms with van der Waals surface area (Å²) in [6.07, 6.45) is 9.23. The fraction of sp³-hybridized carbons (Fsp3) is 0.900. The van der Waals surface area contributed by atoms with E-state index in [2.05, 4.69) is 27.7 Å². The van der Waals surface area contributed by atoms with Crippen molar-refractivity contribution in [2.45, 2.75) is 105 Å². The topological polar surface area (TPSA) is 52.6 Å². The maximum absolute atomic E-state index is 11.7. The highest BCUT2D eigenvalue weighted by molar-refractivity contribution is 5.77. The molecule has 0 radical (unpaired) electrons. The first kappa shape index (κ1) is 22.9. The van der Waals surface area contributed by atoms with Gasteiger partial charge in [0.25, 0.3) is 0 Å². The van der Waals surface area contributed by atoms with Gasteiger partial charge in [-0.3, -0.25) is 9.59 Å². The first-order chi connectivity index (χ1) is 11.2. The highest BCUT2D eigenvalue weighted by Gasteiger charge is 2.18. The Morgan fingerprint density at radius 2 is 1.42 bits per heavy atom. The molecule has 0 spiro atoms. The molecule has 4 nitrogen and oxygen atoms in total. The minimum atomic E-state index is -0.320. The third-order valence-electron chi connectivity index (χ3n) is 3.78. The summed E-state index contributed by atoms with van der Waals surface area (Å²) in [5.41, 5.74) is 0.120. The molecule has 0 saturated heterocycles. The van der Waals surface area contributed by atoms with E-state index in [9.17, 15) is 9.59 Å². The SMILES string of the molecule is CCCCCCCCCOC(=O)CCC(=O)OC(C)CC(C)(C)C. The maximum Gasteiger partial charge on any atom is 0.306 e. The van der Waals surface area contributed by atoms with E-state index >= 15 is 0 Å². The molecule has 0 amide bonds. The van der Waals surface area contributed by atoms with Crippen LogP contribution in [0.1, 0.15) is 98.8 Å². The lowest BCUT2D eigenvalue weighted by Gasteiger charge is -2.23. The average Bonchev–Trinajstić information content (AvgIpc) is 2.45. The van der Waals surface area contributed by atoms with Gasteiger partial charge in [0.15, 0.2) is 0 Å². The van der Waals surface area contributed by atoms with Crippen LogP contribution in [0, 0.1) is 5.41 Å². The quantitative estimate of drug-likeness (QED) is 0.331. The number of carbonyl (C=O) groups excluding carboxylic acids is 2. The van der Waals surface area contributed by atoms with E-state index in [-0.39, 0.29) is 36.3 Å². The van der Waals surface area contributed by atoms with Gasteiger partial charge in [-0.15, -0.1) is 0 Å². The van der Waals surface area contributed by atoms with Gasteiger partial charge in [-0.2, -0.15) is 0 Å². The van der Waals surface area contributed by atoms with Crippen LogP contribution in [0.4, 0.5) is 0 Å². The van der Waals surface area contributed by atoms with Crippen molar-refractivity contribution in [1.29, 1.82) is 0 Å². The zero-order valence-electron chi connectivity index (χ0n) is 16.5. The lowest BCUT2D eigenvalue weighted by Crippen LogP contribution is -2.21. The van der Waals surface area contributed by atoms with E-state index in [1.165, 1.54) is 32.1 Å². The molecule has 4 heteroatoms. The molecule has 0 aliphatic heterocycles. The number of ether oxygens (including phenoxy) is 2. The summed E-state index contributed by atoms with van der Waals surface area (Å²) in [5, 5.41) is 0. The molecule has 1 atom stereocenters. The van der Waals surface area contributed by atoms with Crippen LogP contribution in [0.15, 0.2) is 0 Å². The first-order valence-corrected chi connectivity index (χ1v) is 9.59. The van der Waals surface area contributed by atoms with E-state index in [1.54, 1.807) is 0 Å². The first-order valence-electron chi connectivity index (χ1n) is 9.59. The molecule has 0 saturated carbocycles. The minimum absolute atomic E-state index is 0.102. The number of esters is 2. The Kier molecular flexibility index (Phi) is 12.7. The van der Waals surface area contributed by atoms with Gasteiger partial charge in [-0.1, -0.05) is 66.2 Å². The third-order valence-corrected chi connectivity index (χ3v) is 3.78. The maximum atomic E-state index is 11.7. The van der Waals surface area contributed by atoms with Crippen LogP contribution < -0.4 is 0 Å². The van der Waals surface area contributed by atoms with Crippen molar-refractivity contribution in [2.75, 3.05) is 6.61 Å². The van der Waals surface area contributed by atoms with Gasteiger partial charge < -0.3 is 9.47 Å². The monoisotopic (exact) mass is 342 g/mol. The van der Waals surface area contributed by atoms with Crippen LogP contribution in [0.5, 0.6) is 0 Å². The van der Waals surface area contributed by atoms with E-state index in [1.807, 2.05) is 6.92 Å². The van der Waals surface area contributed by atoms with Crippen molar-refractivity contribution < 1.29 is 19.1 Å². The molecule has 0 heterocycles. The van der Waals surface area contributed by atoms with Gasteiger partial charge in [0.05, 0.1) is 25.6 Å². The van der Waals surface area contributed by atoms with Crippen LogP contribution in [0.3, 0.4) is 0 Å². The van der Waals surface area contributed by atoms with Crippen molar-refractivity contribution in [3.63, 3.8) is 0 Å². The molecule has 0 N–H and O–H groups in total. The molecule has 0 fully saturated rings. The number of carbonyl (C=O) groups is 2. The van der Waals surface area contributed by atoms with Crippen molar-refractivity contribution in [3.05, 3.63) is 0 Å². The van der Waals surface area contributed by atoms with Crippen LogP contribution >= 0.6 is 0 Å². The summed E-state index contributed by atoms with van der Waals surface area (Å²) in [5.74, 6) is -0.624. The van der Waals surface area contributed by atoms with Gasteiger partial charge in [0, 0.05) is 0 Å². The highest BCUT2D eigenvalue weighted by atomic mass is 16.5. The van der Waals surface area contributed by atoms with Gasteiger partial charge in [-0.05, 0) is 25.2 Å². The van der Waals surface area contributed by atoms with Crippen LogP contribution in [-0.2, 0) is 19.1 Å². The third kappa shape index (κ3) is 15.8. The summed E-state index contributed by atoms with van der Waals surface area (Å²) in [6.45, 7) is 10.9. The zero-order chi connectivity index (χ0) is 18.4. The molecule has 0 aliphatic rings. The van der Waals surface area contributed by atoms with E-state index in [0.29, 0.717) is 6.61 Å². The minimum Gasteiger partial charge on any atom is -0.466 e. The van der Waals surface area contributed by atoms with Crippen molar-refractivity contribution in [3.8, 4) is 0 Å². The van der Waals surface area contributed by atoms with Crippen molar-refractivity contribution >= 4 is 11.9 Å². The lowest BCUT2D eigenvalue weighted by molar-refractivity contribution is -0.154. The Balaban J connectivity index is 3.59. The Morgan fingerprint density at radius 3 is 2.00 bits per heavy atom. The fourth-order valence-electron chi connectivity index (χ4n) is 2.71. The van der Waals surface area contributed by atoms with E-state index < -0.39 is 0 Å². The highest BCUT2D eigenvalue weighted by Crippen LogP contribution is 2.22. The number of hydrogen-bond acceptors (Lipinski definition) is 4. The van der Waals surface area contributed by atoms with Crippen molar-refractivity contribution in [1.82, 2.24) is 0 Å². The number of hydrogen-bond donors (Lipinski definition) is 0. The second-order valence-electron chi connectivity index (χ2n) is 7.91. The molecule has 0 aromatic rings. The number of rotatable bonds is 13. The molecule has 142 valence electrons. The van der Waals surface area contributed by atoms with Crippen LogP contribution in [0.25, 0.3) is 0 Å². The van der Waals surface area contributed by atoms with E-state index in [0.717, 1.165) is 19.3 Å². The average molecular weight is 343 g/mol. The van der Waals surface area contributed by atoms with Gasteiger partial charge in [0.1, 0.15) is 0 Å². The zero-order valence-corrected chi connectivity index (χ0v) is 16.5. The van der Waals surface area contributed by atoms with Gasteiger partial charge in [0.2, 0.25) is 0 Å². The smallest absolute Gasteiger partial charge is 0.306 e. The lowest BCUT2D eigenvalue weighted by atomic mass is 9.90. The van der Waals surface area contributed by atoms with Crippen LogP contribution in [-0.4, -0.2) is 24.6 Å². The van der Waals surface area contributed by atoms with E-state index in [4.69, 9.17) is 9.47 Å². The Hall–Kier alpha value is -1.06. The van der Waals surface area contributed by atoms with Gasteiger partial charge in [-0.25, -0.2) is 0 Å². The fourth-order valence-corrected chi connectivity index (χ4v) is 2.71. The molecular formula is C20H38O4. The molecule has 1 unspecified atom stereocenters. The second kappa shape index (κ2) is 13.3. The Morgan fingerprint density at radius 1 is 0.875 bits per heavy atom. The summed E-state index contributed by atoms with van der Waals surface area (Å²) in [6, 6.07) is 0. The molecule has 0 aromatic heterocycles. The summed E-state index contributed by atoms with van der Waals surface area (Å²) in [7, 11) is 0. The standard InChI is InChI=1S/C20H38O4/c1-6-7-8-9-10-11-12-15-23-18(21)13-14-19(22)24-17(2)16-20(3,4)5/h17H,6-16H2,1-5H3. The predicted molar refractivity (Wildman–Crippen MR) is 97.8 cm³/mol.